The number of carbonyl (C=O) groups excluding carboxylic acids is 1. The molecule has 0 saturated carbocycles. The molecule has 2 N–H and O–H groups in total. The molecule has 0 aliphatic carbocycles. The average Bonchev–Trinajstić information content (AvgIpc) is 2.45. The molecule has 0 radical (unpaired) electrons. The summed E-state index contributed by atoms with van der Waals surface area (Å²) in [5.41, 5.74) is 1.08. The van der Waals surface area contributed by atoms with Gasteiger partial charge >= 0.3 is 29.6 Å². The van der Waals surface area contributed by atoms with Crippen LogP contribution in [0.5, 0.6) is 0 Å². The standard InChI is InChI=1S/C14H13NO3S2.Na.H/c16-14(15-10-11-6-2-1-3-7-11)12-8-4-5-9-13(12)20(17,18)19;;/h1-9H,10H2,(H,15,16)(H,17,18,19);;/q;+1;-1. The molecule has 21 heavy (non-hydrogen) atoms. The summed E-state index contributed by atoms with van der Waals surface area (Å²) in [6, 6.07) is 15.5. The van der Waals surface area contributed by atoms with Gasteiger partial charge in [0.1, 0.15) is 0 Å². The maximum atomic E-state index is 12.1. The van der Waals surface area contributed by atoms with E-state index >= 15 is 0 Å². The summed E-state index contributed by atoms with van der Waals surface area (Å²) in [6.45, 7) is 0.345. The van der Waals surface area contributed by atoms with Crippen molar-refractivity contribution in [1.29, 1.82) is 0 Å². The number of carbonyl (C=O) groups is 1. The van der Waals surface area contributed by atoms with Crippen LogP contribution in [-0.2, 0) is 26.5 Å². The first kappa shape index (κ1) is 18.3. The molecule has 1 amide bonds. The van der Waals surface area contributed by atoms with Crippen molar-refractivity contribution in [3.8, 4) is 0 Å². The van der Waals surface area contributed by atoms with Crippen LogP contribution < -0.4 is 34.9 Å². The van der Waals surface area contributed by atoms with Gasteiger partial charge in [0.25, 0.3) is 5.91 Å². The SMILES string of the molecule is O=C(NCc1ccccc1)c1ccccc1S(=O)(O)=S.[H-].[Na+]. The third-order valence-electron chi connectivity index (χ3n) is 2.71. The number of hydrogen-bond acceptors (Lipinski definition) is 3. The molecule has 2 aromatic carbocycles. The van der Waals surface area contributed by atoms with Crippen LogP contribution in [-0.4, -0.2) is 14.7 Å². The quantitative estimate of drug-likeness (QED) is 0.728. The Kier molecular flexibility index (Phi) is 6.99. The molecule has 7 heteroatoms. The van der Waals surface area contributed by atoms with Crippen molar-refractivity contribution >= 4 is 25.9 Å². The third kappa shape index (κ3) is 5.18. The van der Waals surface area contributed by atoms with Gasteiger partial charge in [0, 0.05) is 17.7 Å². The van der Waals surface area contributed by atoms with Crippen LogP contribution in [0.4, 0.5) is 0 Å². The Bertz CT molecular complexity index is 724. The van der Waals surface area contributed by atoms with Crippen LogP contribution in [0.3, 0.4) is 0 Å². The smallest absolute Gasteiger partial charge is 1.00 e. The molecule has 0 saturated heterocycles. The van der Waals surface area contributed by atoms with Crippen LogP contribution in [0, 0.1) is 0 Å². The Morgan fingerprint density at radius 3 is 2.33 bits per heavy atom. The fraction of sp³-hybridized carbons (Fsp3) is 0.0714. The van der Waals surface area contributed by atoms with Gasteiger partial charge < -0.3 is 11.3 Å². The van der Waals surface area contributed by atoms with Gasteiger partial charge in [0.2, 0.25) is 0 Å². The summed E-state index contributed by atoms with van der Waals surface area (Å²) in [6.07, 6.45) is 0. The zero-order valence-corrected chi connectivity index (χ0v) is 15.1. The van der Waals surface area contributed by atoms with Gasteiger partial charge in [-0.25, -0.2) is 4.21 Å². The monoisotopic (exact) mass is 331 g/mol. The number of hydrogen-bond donors (Lipinski definition) is 2. The number of amides is 1. The Labute approximate surface area is 152 Å². The van der Waals surface area contributed by atoms with E-state index in [1.54, 1.807) is 12.1 Å². The van der Waals surface area contributed by atoms with E-state index in [0.717, 1.165) is 5.56 Å². The molecule has 4 nitrogen and oxygen atoms in total. The molecule has 106 valence electrons. The molecule has 1 atom stereocenters. The maximum Gasteiger partial charge on any atom is 1.00 e. The number of rotatable bonds is 4. The number of benzene rings is 2. The summed E-state index contributed by atoms with van der Waals surface area (Å²) in [4.78, 5) is 12.1. The molecule has 0 aromatic heterocycles. The minimum Gasteiger partial charge on any atom is -1.00 e. The predicted octanol–water partition coefficient (Wildman–Crippen LogP) is -0.689. The summed E-state index contributed by atoms with van der Waals surface area (Å²) in [5.74, 6) is -0.420. The zero-order chi connectivity index (χ0) is 14.6. The molecule has 0 spiro atoms. The third-order valence-corrected chi connectivity index (χ3v) is 4.16. The molecule has 2 aromatic rings. The first-order valence-corrected chi connectivity index (χ1v) is 8.31. The molecular weight excluding hydrogens is 317 g/mol. The second-order valence-electron chi connectivity index (χ2n) is 4.14. The summed E-state index contributed by atoms with van der Waals surface area (Å²) in [7, 11) is -3.59. The largest absolute Gasteiger partial charge is 1.00 e. The van der Waals surface area contributed by atoms with E-state index in [4.69, 9.17) is 0 Å². The molecule has 0 bridgehead atoms. The van der Waals surface area contributed by atoms with E-state index in [-0.39, 0.29) is 41.4 Å². The van der Waals surface area contributed by atoms with E-state index in [2.05, 4.69) is 16.5 Å². The second-order valence-corrected chi connectivity index (χ2v) is 6.88. The molecule has 0 heterocycles. The van der Waals surface area contributed by atoms with Crippen LogP contribution >= 0.6 is 0 Å². The van der Waals surface area contributed by atoms with Gasteiger partial charge in [-0.3, -0.25) is 4.79 Å². The molecule has 0 aliphatic rings. The van der Waals surface area contributed by atoms with Gasteiger partial charge in [-0.15, -0.1) is 0 Å². The summed E-state index contributed by atoms with van der Waals surface area (Å²) < 4.78 is 21.0. The van der Waals surface area contributed by atoms with Crippen molar-refractivity contribution in [1.82, 2.24) is 5.32 Å². The van der Waals surface area contributed by atoms with E-state index in [1.807, 2.05) is 30.3 Å². The van der Waals surface area contributed by atoms with Crippen molar-refractivity contribution in [3.63, 3.8) is 0 Å². The molecular formula is C14H14NNaO3S2. The normalized spacial score (nSPS) is 12.8. The fourth-order valence-corrected chi connectivity index (χ4v) is 2.88. The van der Waals surface area contributed by atoms with Gasteiger partial charge in [-0.1, -0.05) is 42.5 Å². The Morgan fingerprint density at radius 2 is 1.71 bits per heavy atom. The van der Waals surface area contributed by atoms with Gasteiger partial charge in [0.15, 0.2) is 8.77 Å². The number of nitrogens with one attached hydrogen (secondary N) is 1. The van der Waals surface area contributed by atoms with Crippen LogP contribution in [0.2, 0.25) is 0 Å². The Morgan fingerprint density at radius 1 is 1.14 bits per heavy atom. The maximum absolute atomic E-state index is 12.1. The first-order valence-electron chi connectivity index (χ1n) is 5.87. The molecule has 0 fully saturated rings. The van der Waals surface area contributed by atoms with Crippen LogP contribution in [0.1, 0.15) is 17.3 Å². The van der Waals surface area contributed by atoms with Crippen LogP contribution in [0.15, 0.2) is 59.5 Å². The molecule has 1 unspecified atom stereocenters. The average molecular weight is 331 g/mol. The van der Waals surface area contributed by atoms with Crippen molar-refractivity contribution < 1.29 is 44.5 Å². The van der Waals surface area contributed by atoms with E-state index in [1.165, 1.54) is 12.1 Å². The van der Waals surface area contributed by atoms with Gasteiger partial charge in [-0.05, 0) is 17.7 Å². The predicted molar refractivity (Wildman–Crippen MR) is 81.6 cm³/mol. The fourth-order valence-electron chi connectivity index (χ4n) is 1.75. The van der Waals surface area contributed by atoms with Crippen molar-refractivity contribution in [2.75, 3.05) is 0 Å². The van der Waals surface area contributed by atoms with E-state index < -0.39 is 14.7 Å². The van der Waals surface area contributed by atoms with E-state index in [0.29, 0.717) is 6.54 Å². The summed E-state index contributed by atoms with van der Waals surface area (Å²) >= 11 is 4.54. The molecule has 2 rings (SSSR count). The molecule has 0 aliphatic heterocycles. The Balaban J connectivity index is 0.00000220. The first-order chi connectivity index (χ1) is 9.48. The van der Waals surface area contributed by atoms with Crippen molar-refractivity contribution in [2.24, 2.45) is 0 Å². The van der Waals surface area contributed by atoms with Crippen molar-refractivity contribution in [3.05, 3.63) is 65.7 Å². The van der Waals surface area contributed by atoms with Crippen LogP contribution in [0.25, 0.3) is 0 Å². The summed E-state index contributed by atoms with van der Waals surface area (Å²) in [5, 5.41) is 2.71. The van der Waals surface area contributed by atoms with E-state index in [9.17, 15) is 13.6 Å². The minimum atomic E-state index is -3.59. The second kappa shape index (κ2) is 8.03. The van der Waals surface area contributed by atoms with Crippen molar-refractivity contribution in [2.45, 2.75) is 11.4 Å². The van der Waals surface area contributed by atoms with Gasteiger partial charge in [-0.2, -0.15) is 0 Å². The topological polar surface area (TPSA) is 66.4 Å². The zero-order valence-electron chi connectivity index (χ0n) is 12.5. The van der Waals surface area contributed by atoms with Gasteiger partial charge in [0.05, 0.1) is 10.5 Å². The minimum absolute atomic E-state index is 0. The Hall–Kier alpha value is -0.760.